The summed E-state index contributed by atoms with van der Waals surface area (Å²) >= 11 is 11.0. The van der Waals surface area contributed by atoms with Crippen molar-refractivity contribution in [2.45, 2.75) is 38.6 Å². The van der Waals surface area contributed by atoms with Crippen molar-refractivity contribution in [1.29, 1.82) is 0 Å². The molecule has 6 heteroatoms. The Morgan fingerprint density at radius 2 is 2.14 bits per heavy atom. The van der Waals surface area contributed by atoms with E-state index < -0.39 is 0 Å². The quantitative estimate of drug-likeness (QED) is 0.830. The number of nitrogens with zero attached hydrogens (tertiary/aromatic N) is 1. The molecule has 4 nitrogen and oxygen atoms in total. The molecular formula is C15H20ClN3OS. The number of hydrogen-bond acceptors (Lipinski definition) is 2. The largest absolute Gasteiger partial charge is 0.392 e. The van der Waals surface area contributed by atoms with Crippen molar-refractivity contribution in [3.05, 3.63) is 28.8 Å². The van der Waals surface area contributed by atoms with Gasteiger partial charge in [0.1, 0.15) is 0 Å². The van der Waals surface area contributed by atoms with Crippen LogP contribution >= 0.6 is 23.8 Å². The highest BCUT2D eigenvalue weighted by Gasteiger charge is 2.27. The first-order chi connectivity index (χ1) is 9.97. The van der Waals surface area contributed by atoms with Crippen LogP contribution in [0.5, 0.6) is 0 Å². The Morgan fingerprint density at radius 1 is 1.48 bits per heavy atom. The molecule has 1 saturated carbocycles. The topological polar surface area (TPSA) is 58.4 Å². The van der Waals surface area contributed by atoms with E-state index >= 15 is 0 Å². The third kappa shape index (κ3) is 4.32. The summed E-state index contributed by atoms with van der Waals surface area (Å²) in [7, 11) is 0. The van der Waals surface area contributed by atoms with Gasteiger partial charge in [0.05, 0.1) is 11.5 Å². The average molecular weight is 326 g/mol. The minimum Gasteiger partial charge on any atom is -0.392 e. The number of nitrogens with one attached hydrogen (secondary N) is 1. The number of anilines is 1. The third-order valence-electron chi connectivity index (χ3n) is 3.78. The van der Waals surface area contributed by atoms with Crippen molar-refractivity contribution in [1.82, 2.24) is 4.90 Å². The molecule has 114 valence electrons. The Hall–Kier alpha value is -1.33. The first-order valence-corrected chi connectivity index (χ1v) is 7.88. The highest BCUT2D eigenvalue weighted by atomic mass is 35.5. The van der Waals surface area contributed by atoms with Crippen molar-refractivity contribution < 1.29 is 4.79 Å². The lowest BCUT2D eigenvalue weighted by Gasteiger charge is -2.28. The van der Waals surface area contributed by atoms with Gasteiger partial charge in [-0.3, -0.25) is 0 Å². The number of nitrogens with two attached hydrogens (primary N) is 1. The number of hydrogen-bond donors (Lipinski definition) is 2. The van der Waals surface area contributed by atoms with E-state index in [0.717, 1.165) is 31.2 Å². The summed E-state index contributed by atoms with van der Waals surface area (Å²) in [6.07, 6.45) is 4.29. The van der Waals surface area contributed by atoms with E-state index in [1.165, 1.54) is 0 Å². The van der Waals surface area contributed by atoms with Crippen LogP contribution in [0.25, 0.3) is 0 Å². The van der Waals surface area contributed by atoms with Gasteiger partial charge in [-0.2, -0.15) is 0 Å². The maximum atomic E-state index is 12.5. The maximum Gasteiger partial charge on any atom is 0.322 e. The maximum absolute atomic E-state index is 12.5. The third-order valence-corrected chi connectivity index (χ3v) is 4.31. The van der Waals surface area contributed by atoms with Crippen LogP contribution in [-0.4, -0.2) is 28.5 Å². The van der Waals surface area contributed by atoms with Gasteiger partial charge in [-0.15, -0.1) is 0 Å². The number of carbonyl (C=O) groups excluding carboxylic acids is 1. The van der Waals surface area contributed by atoms with Crippen LogP contribution in [0.4, 0.5) is 10.5 Å². The molecule has 0 heterocycles. The van der Waals surface area contributed by atoms with Gasteiger partial charge in [-0.1, -0.05) is 42.7 Å². The average Bonchev–Trinajstić information content (AvgIpc) is 2.93. The summed E-state index contributed by atoms with van der Waals surface area (Å²) in [4.78, 5) is 14.6. The molecule has 1 aromatic carbocycles. The molecule has 0 aromatic heterocycles. The number of thiocarbonyl (C=S) groups is 1. The molecule has 3 N–H and O–H groups in total. The van der Waals surface area contributed by atoms with Gasteiger partial charge in [0.15, 0.2) is 0 Å². The van der Waals surface area contributed by atoms with E-state index in [0.29, 0.717) is 22.2 Å². The zero-order chi connectivity index (χ0) is 15.4. The zero-order valence-corrected chi connectivity index (χ0v) is 13.6. The van der Waals surface area contributed by atoms with E-state index in [2.05, 4.69) is 5.32 Å². The molecule has 2 amide bonds. The Morgan fingerprint density at radius 3 is 2.71 bits per heavy atom. The number of urea groups is 1. The molecule has 0 spiro atoms. The molecule has 21 heavy (non-hydrogen) atoms. The molecule has 0 atom stereocenters. The molecule has 2 rings (SSSR count). The van der Waals surface area contributed by atoms with E-state index in [1.807, 2.05) is 19.1 Å². The molecule has 1 aliphatic carbocycles. The zero-order valence-electron chi connectivity index (χ0n) is 12.1. The van der Waals surface area contributed by atoms with Gasteiger partial charge >= 0.3 is 6.03 Å². The lowest BCUT2D eigenvalue weighted by Crippen LogP contribution is -2.45. The summed E-state index contributed by atoms with van der Waals surface area (Å²) in [5.41, 5.74) is 7.28. The Labute approximate surface area is 135 Å². The Bertz CT molecular complexity index is 544. The number of aryl methyl sites for hydroxylation is 1. The molecule has 0 bridgehead atoms. The van der Waals surface area contributed by atoms with Crippen LogP contribution < -0.4 is 11.1 Å². The molecule has 1 aliphatic rings. The number of benzene rings is 1. The summed E-state index contributed by atoms with van der Waals surface area (Å²) in [6.45, 7) is 2.23. The summed E-state index contributed by atoms with van der Waals surface area (Å²) in [6, 6.07) is 5.52. The molecule has 1 aromatic rings. The highest BCUT2D eigenvalue weighted by molar-refractivity contribution is 7.80. The molecule has 0 radical (unpaired) electrons. The molecule has 1 fully saturated rings. The standard InChI is InChI=1S/C15H20ClN3OS/c1-10-6-7-11(8-13(10)16)18-15(20)19(9-14(17)21)12-4-2-3-5-12/h6-8,12H,2-5,9H2,1H3,(H2,17,21)(H,18,20). The molecule has 0 saturated heterocycles. The minimum absolute atomic E-state index is 0.172. The predicted octanol–water partition coefficient (Wildman–Crippen LogP) is 3.71. The van der Waals surface area contributed by atoms with Crippen molar-refractivity contribution in [3.63, 3.8) is 0 Å². The van der Waals surface area contributed by atoms with Crippen LogP contribution in [-0.2, 0) is 0 Å². The van der Waals surface area contributed by atoms with Gasteiger partial charge in [-0.05, 0) is 37.5 Å². The fraction of sp³-hybridized carbons (Fsp3) is 0.467. The van der Waals surface area contributed by atoms with Crippen molar-refractivity contribution in [2.75, 3.05) is 11.9 Å². The van der Waals surface area contributed by atoms with Crippen molar-refractivity contribution >= 4 is 40.5 Å². The minimum atomic E-state index is -0.172. The Balaban J connectivity index is 2.09. The van der Waals surface area contributed by atoms with Gasteiger partial charge in [0.2, 0.25) is 0 Å². The second-order valence-electron chi connectivity index (χ2n) is 5.43. The second kappa shape index (κ2) is 7.09. The summed E-state index contributed by atoms with van der Waals surface area (Å²) < 4.78 is 0. The predicted molar refractivity (Wildman–Crippen MR) is 91.0 cm³/mol. The van der Waals surface area contributed by atoms with Gasteiger partial charge in [0.25, 0.3) is 0 Å². The number of amides is 2. The monoisotopic (exact) mass is 325 g/mol. The number of carbonyl (C=O) groups is 1. The van der Waals surface area contributed by atoms with Crippen LogP contribution in [0.15, 0.2) is 18.2 Å². The van der Waals surface area contributed by atoms with Crippen LogP contribution in [0.1, 0.15) is 31.2 Å². The molecule has 0 aliphatic heterocycles. The lowest BCUT2D eigenvalue weighted by atomic mass is 10.2. The van der Waals surface area contributed by atoms with E-state index in [9.17, 15) is 4.79 Å². The number of rotatable bonds is 4. The summed E-state index contributed by atoms with van der Waals surface area (Å²) in [5, 5.41) is 3.51. The Kier molecular flexibility index (Phi) is 5.42. The SMILES string of the molecule is Cc1ccc(NC(=O)N(CC(N)=S)C2CCCC2)cc1Cl. The normalized spacial score (nSPS) is 15.0. The molecular weight excluding hydrogens is 306 g/mol. The second-order valence-corrected chi connectivity index (χ2v) is 6.36. The fourth-order valence-corrected chi connectivity index (χ4v) is 2.94. The number of halogens is 1. The van der Waals surface area contributed by atoms with Gasteiger partial charge < -0.3 is 16.0 Å². The van der Waals surface area contributed by atoms with Gasteiger partial charge in [-0.25, -0.2) is 4.79 Å². The van der Waals surface area contributed by atoms with Gasteiger partial charge in [0, 0.05) is 16.8 Å². The molecule has 0 unspecified atom stereocenters. The lowest BCUT2D eigenvalue weighted by molar-refractivity contribution is 0.199. The fourth-order valence-electron chi connectivity index (χ4n) is 2.62. The van der Waals surface area contributed by atoms with Crippen LogP contribution in [0, 0.1) is 6.92 Å². The first-order valence-electron chi connectivity index (χ1n) is 7.09. The summed E-state index contributed by atoms with van der Waals surface area (Å²) in [5.74, 6) is 0. The first kappa shape index (κ1) is 16.0. The van der Waals surface area contributed by atoms with E-state index in [-0.39, 0.29) is 12.1 Å². The van der Waals surface area contributed by atoms with Crippen LogP contribution in [0.3, 0.4) is 0 Å². The van der Waals surface area contributed by atoms with Crippen molar-refractivity contribution in [2.24, 2.45) is 5.73 Å². The smallest absolute Gasteiger partial charge is 0.322 e. The van der Waals surface area contributed by atoms with Crippen molar-refractivity contribution in [3.8, 4) is 0 Å². The van der Waals surface area contributed by atoms with E-state index in [4.69, 9.17) is 29.6 Å². The van der Waals surface area contributed by atoms with Crippen LogP contribution in [0.2, 0.25) is 5.02 Å². The van der Waals surface area contributed by atoms with E-state index in [1.54, 1.807) is 11.0 Å². The highest BCUT2D eigenvalue weighted by Crippen LogP contribution is 2.25.